The first-order chi connectivity index (χ1) is 13.1. The Balaban J connectivity index is 1.70. The first-order valence-corrected chi connectivity index (χ1v) is 9.49. The zero-order valence-electron chi connectivity index (χ0n) is 14.7. The van der Waals surface area contributed by atoms with Crippen LogP contribution in [0.5, 0.6) is 5.88 Å². The summed E-state index contributed by atoms with van der Waals surface area (Å²) in [7, 11) is 1.40. The summed E-state index contributed by atoms with van der Waals surface area (Å²) in [5.74, 6) is -0.647. The largest absolute Gasteiger partial charge is 0.492 e. The first-order valence-electron chi connectivity index (χ1n) is 8.67. The van der Waals surface area contributed by atoms with Gasteiger partial charge in [-0.25, -0.2) is 9.37 Å². The van der Waals surface area contributed by atoms with Gasteiger partial charge < -0.3 is 9.84 Å². The molecule has 0 saturated carbocycles. The minimum Gasteiger partial charge on any atom is -0.492 e. The van der Waals surface area contributed by atoms with Gasteiger partial charge in [-0.05, 0) is 43.6 Å². The zero-order chi connectivity index (χ0) is 19.0. The highest BCUT2D eigenvalue weighted by atomic mass is 32.1. The van der Waals surface area contributed by atoms with E-state index in [0.717, 1.165) is 5.56 Å². The van der Waals surface area contributed by atoms with E-state index in [1.807, 2.05) is 6.07 Å². The standard InChI is InChI=1S/C18H19FN4O3S/c1-26-17(25)11-5-7-22(8-6-11)14(12-3-2-4-13(19)9-12)15-16(24)23-18(27-15)20-10-21-23/h2-4,9-11,14,24H,5-8H2,1H3. The van der Waals surface area contributed by atoms with Crippen LogP contribution in [0.25, 0.3) is 4.96 Å². The number of hydrogen-bond donors (Lipinski definition) is 1. The SMILES string of the molecule is COC(=O)C1CCN(C(c2cccc(F)c2)c2sc3ncnn3c2O)CC1. The fraction of sp³-hybridized carbons (Fsp3) is 0.389. The number of ether oxygens (including phenoxy) is 1. The van der Waals surface area contributed by atoms with E-state index in [1.165, 1.54) is 41.4 Å². The van der Waals surface area contributed by atoms with E-state index < -0.39 is 0 Å². The van der Waals surface area contributed by atoms with Crippen LogP contribution in [0.2, 0.25) is 0 Å². The molecule has 142 valence electrons. The molecule has 27 heavy (non-hydrogen) atoms. The highest BCUT2D eigenvalue weighted by Gasteiger charge is 2.34. The summed E-state index contributed by atoms with van der Waals surface area (Å²) < 4.78 is 20.1. The smallest absolute Gasteiger partial charge is 0.308 e. The van der Waals surface area contributed by atoms with E-state index >= 15 is 0 Å². The maximum atomic E-state index is 13.9. The van der Waals surface area contributed by atoms with Crippen LogP contribution in [0.15, 0.2) is 30.6 Å². The number of aromatic hydroxyl groups is 1. The molecule has 0 bridgehead atoms. The topological polar surface area (TPSA) is 80.0 Å². The Morgan fingerprint density at radius 2 is 2.19 bits per heavy atom. The molecule has 0 spiro atoms. The van der Waals surface area contributed by atoms with Crippen molar-refractivity contribution in [1.82, 2.24) is 19.5 Å². The Bertz CT molecular complexity index is 965. The molecule has 3 aromatic rings. The minimum absolute atomic E-state index is 0.0110. The van der Waals surface area contributed by atoms with Crippen molar-refractivity contribution in [2.75, 3.05) is 20.2 Å². The van der Waals surface area contributed by atoms with E-state index in [1.54, 1.807) is 6.07 Å². The molecule has 9 heteroatoms. The zero-order valence-corrected chi connectivity index (χ0v) is 15.5. The second kappa shape index (κ2) is 7.24. The van der Waals surface area contributed by atoms with Gasteiger partial charge in [-0.3, -0.25) is 9.69 Å². The van der Waals surface area contributed by atoms with Crippen LogP contribution in [0.3, 0.4) is 0 Å². The van der Waals surface area contributed by atoms with Gasteiger partial charge in [-0.2, -0.15) is 9.61 Å². The van der Waals surface area contributed by atoms with Crippen molar-refractivity contribution in [3.63, 3.8) is 0 Å². The molecule has 1 fully saturated rings. The third-order valence-electron chi connectivity index (χ3n) is 4.98. The molecule has 1 atom stereocenters. The van der Waals surface area contributed by atoms with E-state index in [0.29, 0.717) is 35.8 Å². The number of carbonyl (C=O) groups excluding carboxylic acids is 1. The van der Waals surface area contributed by atoms with Gasteiger partial charge in [0.1, 0.15) is 12.1 Å². The molecule has 7 nitrogen and oxygen atoms in total. The summed E-state index contributed by atoms with van der Waals surface area (Å²) in [5, 5.41) is 14.7. The molecule has 4 rings (SSSR count). The number of benzene rings is 1. The lowest BCUT2D eigenvalue weighted by atomic mass is 9.93. The molecule has 0 aliphatic carbocycles. The normalized spacial score (nSPS) is 17.3. The van der Waals surface area contributed by atoms with Gasteiger partial charge in [0.25, 0.3) is 0 Å². The number of rotatable bonds is 4. The Morgan fingerprint density at radius 3 is 2.85 bits per heavy atom. The van der Waals surface area contributed by atoms with Crippen LogP contribution in [0.4, 0.5) is 4.39 Å². The van der Waals surface area contributed by atoms with E-state index in [9.17, 15) is 14.3 Å². The maximum absolute atomic E-state index is 13.9. The Labute approximate surface area is 159 Å². The lowest BCUT2D eigenvalue weighted by Gasteiger charge is -2.36. The van der Waals surface area contributed by atoms with Crippen LogP contribution in [0.1, 0.15) is 29.3 Å². The van der Waals surface area contributed by atoms with Gasteiger partial charge in [0.15, 0.2) is 0 Å². The molecular formula is C18H19FN4O3S. The molecular weight excluding hydrogens is 371 g/mol. The van der Waals surface area contributed by atoms with Crippen molar-refractivity contribution in [2.45, 2.75) is 18.9 Å². The lowest BCUT2D eigenvalue weighted by molar-refractivity contribution is -0.147. The lowest BCUT2D eigenvalue weighted by Crippen LogP contribution is -2.39. The molecule has 2 aromatic heterocycles. The molecule has 3 heterocycles. The second-order valence-corrected chi connectivity index (χ2v) is 7.54. The van der Waals surface area contributed by atoms with Gasteiger partial charge in [0.2, 0.25) is 10.8 Å². The van der Waals surface area contributed by atoms with Crippen LogP contribution in [-0.2, 0) is 9.53 Å². The number of halogens is 1. The second-order valence-electron chi connectivity index (χ2n) is 6.54. The van der Waals surface area contributed by atoms with Crippen molar-refractivity contribution in [3.8, 4) is 5.88 Å². The summed E-state index contributed by atoms with van der Waals surface area (Å²) in [6.07, 6.45) is 2.69. The molecule has 1 unspecified atom stereocenters. The Kier molecular flexibility index (Phi) is 4.79. The monoisotopic (exact) mass is 390 g/mol. The number of nitrogens with zero attached hydrogens (tertiary/aromatic N) is 4. The van der Waals surface area contributed by atoms with E-state index in [-0.39, 0.29) is 29.6 Å². The number of aromatic nitrogens is 3. The average molecular weight is 390 g/mol. The molecule has 0 radical (unpaired) electrons. The summed E-state index contributed by atoms with van der Waals surface area (Å²) >= 11 is 1.33. The third-order valence-corrected chi connectivity index (χ3v) is 6.07. The van der Waals surface area contributed by atoms with Crippen molar-refractivity contribution in [2.24, 2.45) is 5.92 Å². The van der Waals surface area contributed by atoms with Gasteiger partial charge in [0, 0.05) is 0 Å². The molecule has 1 aromatic carbocycles. The van der Waals surface area contributed by atoms with E-state index in [4.69, 9.17) is 4.74 Å². The van der Waals surface area contributed by atoms with Gasteiger partial charge >= 0.3 is 5.97 Å². The number of hydrogen-bond acceptors (Lipinski definition) is 7. The van der Waals surface area contributed by atoms with Crippen LogP contribution >= 0.6 is 11.3 Å². The number of carbonyl (C=O) groups is 1. The summed E-state index contributed by atoms with van der Waals surface area (Å²) in [5.41, 5.74) is 0.742. The molecule has 1 aliphatic rings. The minimum atomic E-state index is -0.340. The summed E-state index contributed by atoms with van der Waals surface area (Å²) in [6.45, 7) is 1.27. The van der Waals surface area contributed by atoms with Gasteiger partial charge in [-0.1, -0.05) is 23.5 Å². The fourth-order valence-electron chi connectivity index (χ4n) is 3.64. The van der Waals surface area contributed by atoms with Crippen LogP contribution < -0.4 is 0 Å². The fourth-order valence-corrected chi connectivity index (χ4v) is 4.73. The number of piperidine rings is 1. The average Bonchev–Trinajstić information content (AvgIpc) is 3.26. The quantitative estimate of drug-likeness (QED) is 0.690. The predicted octanol–water partition coefficient (Wildman–Crippen LogP) is 2.61. The van der Waals surface area contributed by atoms with E-state index in [2.05, 4.69) is 15.0 Å². The van der Waals surface area contributed by atoms with Crippen molar-refractivity contribution >= 4 is 22.3 Å². The van der Waals surface area contributed by atoms with Crippen molar-refractivity contribution in [1.29, 1.82) is 0 Å². The highest BCUT2D eigenvalue weighted by molar-refractivity contribution is 7.17. The third kappa shape index (κ3) is 3.28. The van der Waals surface area contributed by atoms with Crippen LogP contribution in [-0.4, -0.2) is 50.8 Å². The predicted molar refractivity (Wildman–Crippen MR) is 97.1 cm³/mol. The Morgan fingerprint density at radius 1 is 1.41 bits per heavy atom. The number of methoxy groups -OCH3 is 1. The number of likely N-dealkylation sites (tertiary alicyclic amines) is 1. The highest BCUT2D eigenvalue weighted by Crippen LogP contribution is 2.41. The summed E-state index contributed by atoms with van der Waals surface area (Å²) in [4.78, 5) is 19.3. The first kappa shape index (κ1) is 17.9. The molecule has 1 saturated heterocycles. The van der Waals surface area contributed by atoms with Gasteiger partial charge in [-0.15, -0.1) is 0 Å². The molecule has 1 aliphatic heterocycles. The van der Waals surface area contributed by atoms with Crippen molar-refractivity contribution < 1.29 is 19.0 Å². The maximum Gasteiger partial charge on any atom is 0.308 e. The Hall–Kier alpha value is -2.52. The number of esters is 1. The molecule has 0 amide bonds. The van der Waals surface area contributed by atoms with Crippen molar-refractivity contribution in [3.05, 3.63) is 46.9 Å². The number of fused-ring (bicyclic) bond motifs is 1. The molecule has 1 N–H and O–H groups in total. The van der Waals surface area contributed by atoms with Crippen LogP contribution in [0, 0.1) is 11.7 Å². The summed E-state index contributed by atoms with van der Waals surface area (Å²) in [6, 6.07) is 6.04. The number of thiazole rings is 1. The van der Waals surface area contributed by atoms with Gasteiger partial charge in [0.05, 0.1) is 23.9 Å².